The number of hydrogen-bond acceptors (Lipinski definition) is 5. The summed E-state index contributed by atoms with van der Waals surface area (Å²) in [7, 11) is -4.26. The zero-order chi connectivity index (χ0) is 21.6. The summed E-state index contributed by atoms with van der Waals surface area (Å²) < 4.78 is 84.1. The monoisotopic (exact) mass is 430 g/mol. The van der Waals surface area contributed by atoms with Gasteiger partial charge in [-0.25, -0.2) is 17.9 Å². The van der Waals surface area contributed by atoms with E-state index in [0.29, 0.717) is 0 Å². The molecule has 0 aliphatic carbocycles. The van der Waals surface area contributed by atoms with Gasteiger partial charge in [0.2, 0.25) is 10.0 Å². The molecule has 3 rings (SSSR count). The van der Waals surface area contributed by atoms with Crippen LogP contribution in [0.25, 0.3) is 22.4 Å². The van der Waals surface area contributed by atoms with E-state index in [4.69, 9.17) is 9.66 Å². The van der Waals surface area contributed by atoms with Gasteiger partial charge in [0, 0.05) is 5.56 Å². The number of benzene rings is 2. The van der Waals surface area contributed by atoms with E-state index in [1.807, 2.05) is 0 Å². The largest absolute Gasteiger partial charge is 0.573 e. The highest BCUT2D eigenvalue weighted by molar-refractivity contribution is 7.89. The van der Waals surface area contributed by atoms with Gasteiger partial charge in [0.25, 0.3) is 0 Å². The maximum atomic E-state index is 14.3. The molecular formula is C18H14F4N2O4S. The molecule has 0 saturated heterocycles. The van der Waals surface area contributed by atoms with Gasteiger partial charge in [0.05, 0.1) is 5.56 Å². The quantitative estimate of drug-likeness (QED) is 0.623. The summed E-state index contributed by atoms with van der Waals surface area (Å²) in [4.78, 5) is -0.687. The number of primary sulfonamides is 1. The van der Waals surface area contributed by atoms with Crippen LogP contribution in [0.2, 0.25) is 0 Å². The number of aryl methyl sites for hydroxylation is 2. The van der Waals surface area contributed by atoms with Crippen molar-refractivity contribution in [2.45, 2.75) is 25.1 Å². The molecule has 3 aromatic rings. The molecule has 0 unspecified atom stereocenters. The minimum atomic E-state index is -4.88. The Kier molecular flexibility index (Phi) is 5.13. The third-order valence-electron chi connectivity index (χ3n) is 4.08. The normalized spacial score (nSPS) is 12.2. The van der Waals surface area contributed by atoms with Crippen molar-refractivity contribution >= 4 is 10.0 Å². The molecule has 0 aliphatic rings. The fraction of sp³-hybridized carbons (Fsp3) is 0.167. The Morgan fingerprint density at radius 3 is 2.31 bits per heavy atom. The molecule has 29 heavy (non-hydrogen) atoms. The van der Waals surface area contributed by atoms with E-state index in [0.717, 1.165) is 18.2 Å². The van der Waals surface area contributed by atoms with Gasteiger partial charge in [0.1, 0.15) is 27.9 Å². The molecule has 0 fully saturated rings. The second-order valence-corrected chi connectivity index (χ2v) is 7.71. The van der Waals surface area contributed by atoms with E-state index in [1.54, 1.807) is 0 Å². The van der Waals surface area contributed by atoms with Crippen molar-refractivity contribution < 1.29 is 35.2 Å². The first-order chi connectivity index (χ1) is 13.4. The van der Waals surface area contributed by atoms with Crippen molar-refractivity contribution in [3.8, 4) is 28.1 Å². The van der Waals surface area contributed by atoms with Crippen LogP contribution in [0.3, 0.4) is 0 Å². The Hall–Kier alpha value is -2.92. The number of aromatic nitrogens is 1. The lowest BCUT2D eigenvalue weighted by Crippen LogP contribution is -2.17. The number of halogens is 4. The number of hydrogen-bond donors (Lipinski definition) is 1. The van der Waals surface area contributed by atoms with Crippen molar-refractivity contribution in [2.24, 2.45) is 5.14 Å². The maximum absolute atomic E-state index is 14.3. The molecule has 1 heterocycles. The molecule has 0 radical (unpaired) electrons. The molecule has 0 saturated carbocycles. The van der Waals surface area contributed by atoms with Gasteiger partial charge in [-0.3, -0.25) is 0 Å². The lowest BCUT2D eigenvalue weighted by atomic mass is 9.98. The van der Waals surface area contributed by atoms with Gasteiger partial charge in [0.15, 0.2) is 0 Å². The molecule has 154 valence electrons. The van der Waals surface area contributed by atoms with Crippen LogP contribution in [0.4, 0.5) is 17.6 Å². The molecule has 6 nitrogen and oxygen atoms in total. The van der Waals surface area contributed by atoms with Crippen LogP contribution < -0.4 is 9.88 Å². The summed E-state index contributed by atoms with van der Waals surface area (Å²) in [5, 5.41) is 8.81. The van der Waals surface area contributed by atoms with Crippen LogP contribution in [0.5, 0.6) is 5.75 Å². The SMILES string of the molecule is Cc1ccc(-c2noc(C)c2-c2ccc(S(N)(=O)=O)c(F)c2)cc1OC(F)(F)F. The molecule has 0 spiro atoms. The summed E-state index contributed by atoms with van der Waals surface area (Å²) in [5.74, 6) is -1.25. The van der Waals surface area contributed by atoms with Crippen LogP contribution in [0.1, 0.15) is 11.3 Å². The predicted molar refractivity (Wildman–Crippen MR) is 94.9 cm³/mol. The first-order valence-electron chi connectivity index (χ1n) is 8.02. The van der Waals surface area contributed by atoms with E-state index in [-0.39, 0.29) is 33.7 Å². The van der Waals surface area contributed by atoms with Gasteiger partial charge in [-0.2, -0.15) is 0 Å². The topological polar surface area (TPSA) is 95.4 Å². The van der Waals surface area contributed by atoms with Gasteiger partial charge >= 0.3 is 6.36 Å². The van der Waals surface area contributed by atoms with E-state index in [9.17, 15) is 26.0 Å². The minimum Gasteiger partial charge on any atom is -0.405 e. The first-order valence-corrected chi connectivity index (χ1v) is 9.57. The summed E-state index contributed by atoms with van der Waals surface area (Å²) in [6.45, 7) is 2.97. The van der Waals surface area contributed by atoms with Crippen LogP contribution >= 0.6 is 0 Å². The Morgan fingerprint density at radius 2 is 1.72 bits per heavy atom. The van der Waals surface area contributed by atoms with Crippen LogP contribution in [0.15, 0.2) is 45.8 Å². The summed E-state index contributed by atoms with van der Waals surface area (Å²) in [6.07, 6.45) is -4.88. The third kappa shape index (κ3) is 4.40. The minimum absolute atomic E-state index is 0.136. The molecular weight excluding hydrogens is 416 g/mol. The molecule has 2 aromatic carbocycles. The van der Waals surface area contributed by atoms with Gasteiger partial charge in [-0.15, -0.1) is 13.2 Å². The van der Waals surface area contributed by atoms with Crippen LogP contribution in [0, 0.1) is 19.7 Å². The highest BCUT2D eigenvalue weighted by Gasteiger charge is 2.32. The fourth-order valence-corrected chi connectivity index (χ4v) is 3.37. The number of sulfonamides is 1. The van der Waals surface area contributed by atoms with Crippen molar-refractivity contribution in [3.63, 3.8) is 0 Å². The standard InChI is InChI=1S/C18H14F4N2O4S/c1-9-3-4-12(8-14(9)27-18(20,21)22)17-16(10(2)28-24-17)11-5-6-15(13(19)7-11)29(23,25)26/h3-8H,1-2H3,(H2,23,25,26). The second-order valence-electron chi connectivity index (χ2n) is 6.18. The van der Waals surface area contributed by atoms with Gasteiger partial charge in [-0.05, 0) is 43.2 Å². The smallest absolute Gasteiger partial charge is 0.405 e. The predicted octanol–water partition coefficient (Wildman–Crippen LogP) is 4.31. The van der Waals surface area contributed by atoms with E-state index >= 15 is 0 Å². The third-order valence-corrected chi connectivity index (χ3v) is 5.02. The maximum Gasteiger partial charge on any atom is 0.573 e. The first kappa shape index (κ1) is 20.8. The van der Waals surface area contributed by atoms with Gasteiger partial charge in [-0.1, -0.05) is 23.4 Å². The Morgan fingerprint density at radius 1 is 1.07 bits per heavy atom. The number of nitrogens with two attached hydrogens (primary N) is 1. The lowest BCUT2D eigenvalue weighted by Gasteiger charge is -2.12. The molecule has 1 aromatic heterocycles. The molecule has 0 atom stereocenters. The highest BCUT2D eigenvalue weighted by Crippen LogP contribution is 2.38. The molecule has 11 heteroatoms. The second kappa shape index (κ2) is 7.16. The van der Waals surface area contributed by atoms with Crippen LogP contribution in [-0.4, -0.2) is 19.9 Å². The van der Waals surface area contributed by atoms with E-state index in [2.05, 4.69) is 9.89 Å². The number of rotatable bonds is 4. The average Bonchev–Trinajstić information content (AvgIpc) is 2.96. The zero-order valence-electron chi connectivity index (χ0n) is 15.0. The van der Waals surface area contributed by atoms with Gasteiger partial charge < -0.3 is 9.26 Å². The van der Waals surface area contributed by atoms with Crippen molar-refractivity contribution in [3.05, 3.63) is 53.5 Å². The molecule has 0 amide bonds. The zero-order valence-corrected chi connectivity index (χ0v) is 15.9. The van der Waals surface area contributed by atoms with Crippen LogP contribution in [-0.2, 0) is 10.0 Å². The van der Waals surface area contributed by atoms with Crippen molar-refractivity contribution in [1.29, 1.82) is 0 Å². The Bertz CT molecular complexity index is 1190. The molecule has 0 aliphatic heterocycles. The Labute approximate surface area is 162 Å². The fourth-order valence-electron chi connectivity index (χ4n) is 2.78. The molecule has 0 bridgehead atoms. The summed E-state index contributed by atoms with van der Waals surface area (Å²) in [6, 6.07) is 7.28. The summed E-state index contributed by atoms with van der Waals surface area (Å²) in [5.41, 5.74) is 1.11. The molecule has 2 N–H and O–H groups in total. The lowest BCUT2D eigenvalue weighted by molar-refractivity contribution is -0.274. The number of nitrogens with zero attached hydrogens (tertiary/aromatic N) is 1. The van der Waals surface area contributed by atoms with Crippen molar-refractivity contribution in [2.75, 3.05) is 0 Å². The Balaban J connectivity index is 2.12. The highest BCUT2D eigenvalue weighted by atomic mass is 32.2. The number of ether oxygens (including phenoxy) is 1. The van der Waals surface area contributed by atoms with Crippen molar-refractivity contribution in [1.82, 2.24) is 5.16 Å². The summed E-state index contributed by atoms with van der Waals surface area (Å²) >= 11 is 0. The van der Waals surface area contributed by atoms with E-state index in [1.165, 1.54) is 32.0 Å². The number of alkyl halides is 3. The van der Waals surface area contributed by atoms with E-state index < -0.39 is 32.8 Å². The average molecular weight is 430 g/mol.